The molecule has 0 radical (unpaired) electrons. The topological polar surface area (TPSA) is 22.1 Å². The van der Waals surface area contributed by atoms with Crippen LogP contribution >= 0.6 is 0 Å². The Balaban J connectivity index is 2.33. The van der Waals surface area contributed by atoms with Crippen molar-refractivity contribution in [1.29, 1.82) is 0 Å². The van der Waals surface area contributed by atoms with Crippen LogP contribution in [-0.4, -0.2) is 4.98 Å². The Morgan fingerprint density at radius 2 is 1.72 bits per heavy atom. The molecule has 0 aliphatic rings. The summed E-state index contributed by atoms with van der Waals surface area (Å²) in [5.74, 6) is 1.81. The SMILES string of the molecule is CCc1cc(Oc2c(C)cc(C)cc2C)ccn1. The van der Waals surface area contributed by atoms with Gasteiger partial charge in [0.05, 0.1) is 0 Å². The number of hydrogen-bond acceptors (Lipinski definition) is 2. The van der Waals surface area contributed by atoms with Gasteiger partial charge in [0, 0.05) is 18.0 Å². The first-order valence-electron chi connectivity index (χ1n) is 6.30. The minimum atomic E-state index is 0.858. The van der Waals surface area contributed by atoms with Crippen molar-refractivity contribution < 1.29 is 4.74 Å². The molecule has 0 aliphatic carbocycles. The molecular formula is C16H19NO. The molecule has 0 amide bonds. The Morgan fingerprint density at radius 3 is 2.33 bits per heavy atom. The molecule has 0 aliphatic heterocycles. The van der Waals surface area contributed by atoms with Crippen molar-refractivity contribution in [3.05, 3.63) is 52.8 Å². The summed E-state index contributed by atoms with van der Waals surface area (Å²) >= 11 is 0. The lowest BCUT2D eigenvalue weighted by atomic mass is 10.1. The van der Waals surface area contributed by atoms with E-state index in [1.807, 2.05) is 12.1 Å². The number of aryl methyl sites for hydroxylation is 4. The van der Waals surface area contributed by atoms with Crippen molar-refractivity contribution in [3.8, 4) is 11.5 Å². The van der Waals surface area contributed by atoms with Crippen LogP contribution < -0.4 is 4.74 Å². The highest BCUT2D eigenvalue weighted by molar-refractivity contribution is 5.45. The summed E-state index contributed by atoms with van der Waals surface area (Å²) in [6.45, 7) is 8.36. The largest absolute Gasteiger partial charge is 0.457 e. The fourth-order valence-corrected chi connectivity index (χ4v) is 2.16. The quantitative estimate of drug-likeness (QED) is 0.796. The number of rotatable bonds is 3. The summed E-state index contributed by atoms with van der Waals surface area (Å²) in [4.78, 5) is 4.28. The van der Waals surface area contributed by atoms with Crippen LogP contribution in [0.25, 0.3) is 0 Å². The van der Waals surface area contributed by atoms with Crippen LogP contribution in [0, 0.1) is 20.8 Å². The Kier molecular flexibility index (Phi) is 3.66. The maximum atomic E-state index is 6.00. The van der Waals surface area contributed by atoms with Crippen LogP contribution in [0.3, 0.4) is 0 Å². The molecule has 1 aromatic heterocycles. The average Bonchev–Trinajstić information content (AvgIpc) is 2.34. The number of benzene rings is 1. The van der Waals surface area contributed by atoms with Crippen molar-refractivity contribution in [2.75, 3.05) is 0 Å². The lowest BCUT2D eigenvalue weighted by molar-refractivity contribution is 0.473. The second kappa shape index (κ2) is 5.21. The first-order valence-corrected chi connectivity index (χ1v) is 6.30. The predicted octanol–water partition coefficient (Wildman–Crippen LogP) is 4.36. The molecule has 0 fully saturated rings. The predicted molar refractivity (Wildman–Crippen MR) is 74.3 cm³/mol. The number of aromatic nitrogens is 1. The van der Waals surface area contributed by atoms with E-state index in [0.717, 1.165) is 23.6 Å². The highest BCUT2D eigenvalue weighted by atomic mass is 16.5. The van der Waals surface area contributed by atoms with Crippen molar-refractivity contribution in [2.24, 2.45) is 0 Å². The lowest BCUT2D eigenvalue weighted by Gasteiger charge is -2.13. The van der Waals surface area contributed by atoms with Gasteiger partial charge < -0.3 is 4.74 Å². The van der Waals surface area contributed by atoms with E-state index in [2.05, 4.69) is 44.8 Å². The zero-order valence-corrected chi connectivity index (χ0v) is 11.4. The molecule has 2 heteroatoms. The van der Waals surface area contributed by atoms with Crippen molar-refractivity contribution in [3.63, 3.8) is 0 Å². The van der Waals surface area contributed by atoms with Gasteiger partial charge in [0.15, 0.2) is 0 Å². The van der Waals surface area contributed by atoms with Gasteiger partial charge in [-0.1, -0.05) is 24.6 Å². The van der Waals surface area contributed by atoms with Gasteiger partial charge in [0.2, 0.25) is 0 Å². The zero-order valence-electron chi connectivity index (χ0n) is 11.4. The number of pyridine rings is 1. The second-order valence-electron chi connectivity index (χ2n) is 4.67. The molecule has 0 saturated carbocycles. The third kappa shape index (κ3) is 2.70. The van der Waals surface area contributed by atoms with Gasteiger partial charge >= 0.3 is 0 Å². The van der Waals surface area contributed by atoms with Crippen molar-refractivity contribution in [1.82, 2.24) is 4.98 Å². The molecule has 1 heterocycles. The Hall–Kier alpha value is -1.83. The van der Waals surface area contributed by atoms with Crippen LogP contribution in [0.1, 0.15) is 29.3 Å². The molecule has 0 bridgehead atoms. The average molecular weight is 241 g/mol. The van der Waals surface area contributed by atoms with Gasteiger partial charge in [0.25, 0.3) is 0 Å². The summed E-state index contributed by atoms with van der Waals surface area (Å²) in [5.41, 5.74) is 4.65. The smallest absolute Gasteiger partial charge is 0.133 e. The van der Waals surface area contributed by atoms with Crippen LogP contribution in [0.4, 0.5) is 0 Å². The third-order valence-electron chi connectivity index (χ3n) is 2.97. The highest BCUT2D eigenvalue weighted by Gasteiger charge is 2.06. The van der Waals surface area contributed by atoms with Crippen molar-refractivity contribution in [2.45, 2.75) is 34.1 Å². The monoisotopic (exact) mass is 241 g/mol. The van der Waals surface area contributed by atoms with E-state index in [4.69, 9.17) is 4.74 Å². The van der Waals surface area contributed by atoms with E-state index in [0.29, 0.717) is 0 Å². The highest BCUT2D eigenvalue weighted by Crippen LogP contribution is 2.29. The summed E-state index contributed by atoms with van der Waals surface area (Å²) in [5, 5.41) is 0. The van der Waals surface area contributed by atoms with E-state index >= 15 is 0 Å². The molecule has 0 N–H and O–H groups in total. The molecule has 2 nitrogen and oxygen atoms in total. The number of ether oxygens (including phenoxy) is 1. The molecule has 0 atom stereocenters. The van der Waals surface area contributed by atoms with Gasteiger partial charge in [-0.05, 0) is 44.4 Å². The maximum absolute atomic E-state index is 6.00. The van der Waals surface area contributed by atoms with Gasteiger partial charge in [-0.25, -0.2) is 0 Å². The minimum absolute atomic E-state index is 0.858. The van der Waals surface area contributed by atoms with Crippen LogP contribution in [0.5, 0.6) is 11.5 Å². The van der Waals surface area contributed by atoms with E-state index in [1.165, 1.54) is 16.7 Å². The standard InChI is InChI=1S/C16H19NO/c1-5-14-10-15(6-7-17-14)18-16-12(3)8-11(2)9-13(16)4/h6-10H,5H2,1-4H3. The van der Waals surface area contributed by atoms with E-state index in [9.17, 15) is 0 Å². The Bertz CT molecular complexity index is 538. The van der Waals surface area contributed by atoms with Crippen molar-refractivity contribution >= 4 is 0 Å². The van der Waals surface area contributed by atoms with Gasteiger partial charge in [0.1, 0.15) is 11.5 Å². The molecule has 18 heavy (non-hydrogen) atoms. The van der Waals surface area contributed by atoms with Crippen LogP contribution in [0.15, 0.2) is 30.5 Å². The van der Waals surface area contributed by atoms with E-state index in [1.54, 1.807) is 6.20 Å². The minimum Gasteiger partial charge on any atom is -0.457 e. The molecule has 0 saturated heterocycles. The summed E-state index contributed by atoms with van der Waals surface area (Å²) < 4.78 is 6.00. The first kappa shape index (κ1) is 12.6. The normalized spacial score (nSPS) is 10.4. The molecule has 2 rings (SSSR count). The second-order valence-corrected chi connectivity index (χ2v) is 4.67. The Labute approximate surface area is 109 Å². The summed E-state index contributed by atoms with van der Waals surface area (Å²) in [7, 11) is 0. The summed E-state index contributed by atoms with van der Waals surface area (Å²) in [6.07, 6.45) is 2.72. The molecule has 94 valence electrons. The molecule has 0 unspecified atom stereocenters. The zero-order chi connectivity index (χ0) is 13.1. The van der Waals surface area contributed by atoms with E-state index in [-0.39, 0.29) is 0 Å². The maximum Gasteiger partial charge on any atom is 0.133 e. The summed E-state index contributed by atoms with van der Waals surface area (Å²) in [6, 6.07) is 8.19. The van der Waals surface area contributed by atoms with Gasteiger partial charge in [-0.3, -0.25) is 4.98 Å². The first-order chi connectivity index (χ1) is 8.60. The Morgan fingerprint density at radius 1 is 1.06 bits per heavy atom. The van der Waals surface area contributed by atoms with Crippen LogP contribution in [-0.2, 0) is 6.42 Å². The lowest BCUT2D eigenvalue weighted by Crippen LogP contribution is -1.94. The fourth-order valence-electron chi connectivity index (χ4n) is 2.16. The third-order valence-corrected chi connectivity index (χ3v) is 2.97. The van der Waals surface area contributed by atoms with Gasteiger partial charge in [-0.2, -0.15) is 0 Å². The number of nitrogens with zero attached hydrogens (tertiary/aromatic N) is 1. The molecule has 0 spiro atoms. The fraction of sp³-hybridized carbons (Fsp3) is 0.312. The molecule has 2 aromatic rings. The molecule has 1 aromatic carbocycles. The number of hydrogen-bond donors (Lipinski definition) is 0. The molecular weight excluding hydrogens is 222 g/mol. The van der Waals surface area contributed by atoms with Gasteiger partial charge in [-0.15, -0.1) is 0 Å². The van der Waals surface area contributed by atoms with E-state index < -0.39 is 0 Å². The van der Waals surface area contributed by atoms with Crippen LogP contribution in [0.2, 0.25) is 0 Å².